The highest BCUT2D eigenvalue weighted by atomic mass is 35.5. The first-order valence-electron chi connectivity index (χ1n) is 6.81. The Balaban J connectivity index is 1.92. The number of likely N-dealkylation sites (N-methyl/N-ethyl adjacent to an activating group) is 1. The van der Waals surface area contributed by atoms with Gasteiger partial charge in [0.05, 0.1) is 17.1 Å². The Morgan fingerprint density at radius 1 is 1.50 bits per heavy atom. The molecule has 0 unspecified atom stereocenters. The highest BCUT2D eigenvalue weighted by molar-refractivity contribution is 7.09. The SMILES string of the molecule is CNC(=O)Cc1nc(CN[C@@H](C)c2ccc(F)c(Cl)c2)cs1. The van der Waals surface area contributed by atoms with Gasteiger partial charge < -0.3 is 10.6 Å². The van der Waals surface area contributed by atoms with E-state index in [1.807, 2.05) is 12.3 Å². The van der Waals surface area contributed by atoms with E-state index in [9.17, 15) is 9.18 Å². The van der Waals surface area contributed by atoms with E-state index >= 15 is 0 Å². The van der Waals surface area contributed by atoms with Crippen molar-refractivity contribution in [1.29, 1.82) is 0 Å². The number of amides is 1. The molecular weight excluding hydrogens is 325 g/mol. The second kappa shape index (κ2) is 7.67. The van der Waals surface area contributed by atoms with Crippen molar-refractivity contribution in [3.63, 3.8) is 0 Å². The van der Waals surface area contributed by atoms with Gasteiger partial charge >= 0.3 is 0 Å². The molecule has 1 aromatic carbocycles. The highest BCUT2D eigenvalue weighted by Crippen LogP contribution is 2.21. The maximum atomic E-state index is 13.2. The molecule has 0 spiro atoms. The van der Waals surface area contributed by atoms with Gasteiger partial charge in [-0.1, -0.05) is 17.7 Å². The molecule has 0 aliphatic carbocycles. The monoisotopic (exact) mass is 341 g/mol. The van der Waals surface area contributed by atoms with E-state index in [0.29, 0.717) is 13.0 Å². The fourth-order valence-electron chi connectivity index (χ4n) is 1.89. The summed E-state index contributed by atoms with van der Waals surface area (Å²) < 4.78 is 13.2. The maximum Gasteiger partial charge on any atom is 0.226 e. The minimum Gasteiger partial charge on any atom is -0.359 e. The van der Waals surface area contributed by atoms with Crippen LogP contribution in [-0.4, -0.2) is 17.9 Å². The highest BCUT2D eigenvalue weighted by Gasteiger charge is 2.10. The molecule has 22 heavy (non-hydrogen) atoms. The van der Waals surface area contributed by atoms with E-state index in [-0.39, 0.29) is 17.0 Å². The molecule has 1 heterocycles. The van der Waals surface area contributed by atoms with Crippen LogP contribution >= 0.6 is 22.9 Å². The minimum atomic E-state index is -0.420. The van der Waals surface area contributed by atoms with Crippen molar-refractivity contribution in [2.24, 2.45) is 0 Å². The summed E-state index contributed by atoms with van der Waals surface area (Å²) in [5.41, 5.74) is 1.79. The fourth-order valence-corrected chi connectivity index (χ4v) is 2.88. The third-order valence-corrected chi connectivity index (χ3v) is 4.41. The number of nitrogens with one attached hydrogen (secondary N) is 2. The number of carbonyl (C=O) groups is 1. The third kappa shape index (κ3) is 4.50. The lowest BCUT2D eigenvalue weighted by Crippen LogP contribution is -2.20. The summed E-state index contributed by atoms with van der Waals surface area (Å²) >= 11 is 7.25. The molecule has 1 atom stereocenters. The van der Waals surface area contributed by atoms with Crippen LogP contribution in [0.4, 0.5) is 4.39 Å². The van der Waals surface area contributed by atoms with Crippen molar-refractivity contribution in [3.05, 3.63) is 50.7 Å². The van der Waals surface area contributed by atoms with Crippen LogP contribution in [0, 0.1) is 5.82 Å². The number of benzene rings is 1. The van der Waals surface area contributed by atoms with Gasteiger partial charge in [-0.05, 0) is 24.6 Å². The van der Waals surface area contributed by atoms with Crippen LogP contribution in [0.1, 0.15) is 29.2 Å². The molecule has 2 N–H and O–H groups in total. The second-order valence-corrected chi connectivity index (χ2v) is 6.21. The van der Waals surface area contributed by atoms with Crippen molar-refractivity contribution in [2.75, 3.05) is 7.05 Å². The van der Waals surface area contributed by atoms with E-state index in [2.05, 4.69) is 15.6 Å². The summed E-state index contributed by atoms with van der Waals surface area (Å²) in [5, 5.41) is 8.71. The Kier molecular flexibility index (Phi) is 5.88. The molecule has 2 rings (SSSR count). The summed E-state index contributed by atoms with van der Waals surface area (Å²) in [6.45, 7) is 2.54. The number of nitrogens with zero attached hydrogens (tertiary/aromatic N) is 1. The lowest BCUT2D eigenvalue weighted by molar-refractivity contribution is -0.119. The van der Waals surface area contributed by atoms with Crippen LogP contribution in [-0.2, 0) is 17.8 Å². The standard InChI is InChI=1S/C15H17ClFN3OS/c1-9(10-3-4-13(17)12(16)5-10)19-7-11-8-22-15(20-11)6-14(21)18-2/h3-5,8-9,19H,6-7H2,1-2H3,(H,18,21)/t9-/m0/s1. The molecule has 2 aromatic rings. The molecule has 118 valence electrons. The normalized spacial score (nSPS) is 12.2. The van der Waals surface area contributed by atoms with Crippen LogP contribution in [0.2, 0.25) is 5.02 Å². The van der Waals surface area contributed by atoms with Crippen LogP contribution in [0.3, 0.4) is 0 Å². The number of hydrogen-bond acceptors (Lipinski definition) is 4. The molecule has 0 saturated heterocycles. The number of aromatic nitrogens is 1. The first kappa shape index (κ1) is 16.9. The first-order chi connectivity index (χ1) is 10.5. The summed E-state index contributed by atoms with van der Waals surface area (Å²) in [5.74, 6) is -0.473. The quantitative estimate of drug-likeness (QED) is 0.849. The van der Waals surface area contributed by atoms with E-state index in [0.717, 1.165) is 16.3 Å². The molecular formula is C15H17ClFN3OS. The Morgan fingerprint density at radius 2 is 2.27 bits per heavy atom. The molecule has 0 fully saturated rings. The topological polar surface area (TPSA) is 54.0 Å². The summed E-state index contributed by atoms with van der Waals surface area (Å²) in [6, 6.07) is 4.70. The van der Waals surface area contributed by atoms with E-state index in [4.69, 9.17) is 11.6 Å². The second-order valence-electron chi connectivity index (χ2n) is 4.86. The van der Waals surface area contributed by atoms with Crippen molar-refractivity contribution >= 4 is 28.8 Å². The van der Waals surface area contributed by atoms with Crippen LogP contribution in [0.15, 0.2) is 23.6 Å². The Hall–Kier alpha value is -1.50. The largest absolute Gasteiger partial charge is 0.359 e. The van der Waals surface area contributed by atoms with E-state index < -0.39 is 5.82 Å². The van der Waals surface area contributed by atoms with Gasteiger partial charge in [-0.15, -0.1) is 11.3 Å². The number of thiazole rings is 1. The van der Waals surface area contributed by atoms with Crippen LogP contribution < -0.4 is 10.6 Å². The predicted octanol–water partition coefficient (Wildman–Crippen LogP) is 3.07. The zero-order valence-electron chi connectivity index (χ0n) is 12.3. The molecule has 0 aliphatic heterocycles. The lowest BCUT2D eigenvalue weighted by Gasteiger charge is -2.13. The zero-order valence-corrected chi connectivity index (χ0v) is 13.9. The molecule has 0 aliphatic rings. The van der Waals surface area contributed by atoms with Crippen molar-refractivity contribution in [2.45, 2.75) is 25.9 Å². The Morgan fingerprint density at radius 3 is 2.95 bits per heavy atom. The minimum absolute atomic E-state index is 0.0159. The van der Waals surface area contributed by atoms with Crippen LogP contribution in [0.25, 0.3) is 0 Å². The first-order valence-corrected chi connectivity index (χ1v) is 8.07. The summed E-state index contributed by atoms with van der Waals surface area (Å²) in [6.07, 6.45) is 0.296. The van der Waals surface area contributed by atoms with Crippen molar-refractivity contribution < 1.29 is 9.18 Å². The Bertz CT molecular complexity index is 662. The van der Waals surface area contributed by atoms with Crippen molar-refractivity contribution in [3.8, 4) is 0 Å². The van der Waals surface area contributed by atoms with Gasteiger partial charge in [0, 0.05) is 25.0 Å². The fraction of sp³-hybridized carbons (Fsp3) is 0.333. The summed E-state index contributed by atoms with van der Waals surface area (Å²) in [4.78, 5) is 15.7. The number of rotatable bonds is 6. The molecule has 1 amide bonds. The molecule has 0 saturated carbocycles. The van der Waals surface area contributed by atoms with Gasteiger partial charge in [-0.3, -0.25) is 4.79 Å². The molecule has 1 aromatic heterocycles. The Labute approximate surface area is 137 Å². The van der Waals surface area contributed by atoms with Gasteiger partial charge in [-0.2, -0.15) is 0 Å². The maximum absolute atomic E-state index is 13.2. The predicted molar refractivity (Wildman–Crippen MR) is 86.5 cm³/mol. The lowest BCUT2D eigenvalue weighted by atomic mass is 10.1. The van der Waals surface area contributed by atoms with E-state index in [1.165, 1.54) is 17.4 Å². The average Bonchev–Trinajstić information content (AvgIpc) is 2.95. The van der Waals surface area contributed by atoms with Gasteiger partial charge in [0.25, 0.3) is 0 Å². The zero-order chi connectivity index (χ0) is 16.1. The number of halogens is 2. The van der Waals surface area contributed by atoms with E-state index in [1.54, 1.807) is 19.2 Å². The van der Waals surface area contributed by atoms with Gasteiger partial charge in [0.15, 0.2) is 0 Å². The molecule has 0 radical (unpaired) electrons. The van der Waals surface area contributed by atoms with Gasteiger partial charge in [-0.25, -0.2) is 9.37 Å². The van der Waals surface area contributed by atoms with Crippen LogP contribution in [0.5, 0.6) is 0 Å². The third-order valence-electron chi connectivity index (χ3n) is 3.22. The smallest absolute Gasteiger partial charge is 0.226 e. The average molecular weight is 342 g/mol. The number of hydrogen-bond donors (Lipinski definition) is 2. The molecule has 4 nitrogen and oxygen atoms in total. The summed E-state index contributed by atoms with van der Waals surface area (Å²) in [7, 11) is 1.61. The van der Waals surface area contributed by atoms with Crippen molar-refractivity contribution in [1.82, 2.24) is 15.6 Å². The van der Waals surface area contributed by atoms with Gasteiger partial charge in [0.1, 0.15) is 10.8 Å². The molecule has 7 heteroatoms. The number of carbonyl (C=O) groups excluding carboxylic acids is 1. The van der Waals surface area contributed by atoms with Gasteiger partial charge in [0.2, 0.25) is 5.91 Å². The molecule has 0 bridgehead atoms.